The van der Waals surface area contributed by atoms with Crippen LogP contribution >= 0.6 is 11.6 Å². The van der Waals surface area contributed by atoms with Gasteiger partial charge in [-0.3, -0.25) is 4.68 Å². The third-order valence-electron chi connectivity index (χ3n) is 4.18. The number of rotatable bonds is 4. The number of aliphatic hydroxyl groups excluding tert-OH is 1. The molecule has 1 heterocycles. The zero-order valence-electron chi connectivity index (χ0n) is 11.5. The van der Waals surface area contributed by atoms with Crippen LogP contribution in [0, 0.1) is 12.3 Å². The summed E-state index contributed by atoms with van der Waals surface area (Å²) in [6.45, 7) is 9.68. The van der Waals surface area contributed by atoms with E-state index in [0.717, 1.165) is 29.4 Å². The van der Waals surface area contributed by atoms with Crippen molar-refractivity contribution in [2.75, 3.05) is 0 Å². The van der Waals surface area contributed by atoms with Gasteiger partial charge in [0.1, 0.15) is 0 Å². The summed E-state index contributed by atoms with van der Waals surface area (Å²) in [6.07, 6.45) is 0.604. The maximum absolute atomic E-state index is 9.72. The Morgan fingerprint density at radius 2 is 2.22 bits per heavy atom. The molecule has 1 aromatic heterocycles. The summed E-state index contributed by atoms with van der Waals surface area (Å²) in [7, 11) is 0. The Hall–Kier alpha value is -0.580. The summed E-state index contributed by atoms with van der Waals surface area (Å²) in [5.41, 5.74) is 1.86. The van der Waals surface area contributed by atoms with Gasteiger partial charge in [0.15, 0.2) is 0 Å². The quantitative estimate of drug-likeness (QED) is 0.882. The topological polar surface area (TPSA) is 50.1 Å². The van der Waals surface area contributed by atoms with Gasteiger partial charge in [-0.15, -0.1) is 0 Å². The lowest BCUT2D eigenvalue weighted by molar-refractivity contribution is -0.0731. The van der Waals surface area contributed by atoms with Crippen LogP contribution in [0.4, 0.5) is 0 Å². The Kier molecular flexibility index (Phi) is 3.72. The molecular formula is C13H22ClN3O. The molecule has 2 N–H and O–H groups in total. The smallest absolute Gasteiger partial charge is 0.0860 e. The molecule has 0 aliphatic heterocycles. The first kappa shape index (κ1) is 13.8. The molecule has 0 bridgehead atoms. The van der Waals surface area contributed by atoms with Gasteiger partial charge < -0.3 is 10.4 Å². The molecule has 1 saturated carbocycles. The van der Waals surface area contributed by atoms with Crippen molar-refractivity contribution in [1.82, 2.24) is 15.1 Å². The van der Waals surface area contributed by atoms with Gasteiger partial charge in [0.2, 0.25) is 0 Å². The number of hydrogen-bond acceptors (Lipinski definition) is 3. The van der Waals surface area contributed by atoms with E-state index in [0.29, 0.717) is 12.6 Å². The number of halogens is 1. The van der Waals surface area contributed by atoms with Gasteiger partial charge in [-0.2, -0.15) is 5.10 Å². The van der Waals surface area contributed by atoms with Crippen molar-refractivity contribution in [1.29, 1.82) is 0 Å². The van der Waals surface area contributed by atoms with Crippen molar-refractivity contribution in [2.45, 2.75) is 59.4 Å². The lowest BCUT2D eigenvalue weighted by Crippen LogP contribution is -2.59. The van der Waals surface area contributed by atoms with Crippen LogP contribution < -0.4 is 5.32 Å². The molecule has 4 nitrogen and oxygen atoms in total. The van der Waals surface area contributed by atoms with Crippen LogP contribution in [-0.4, -0.2) is 27.0 Å². The van der Waals surface area contributed by atoms with E-state index in [9.17, 15) is 5.11 Å². The average molecular weight is 272 g/mol. The molecular weight excluding hydrogens is 250 g/mol. The van der Waals surface area contributed by atoms with E-state index < -0.39 is 0 Å². The fraction of sp³-hybridized carbons (Fsp3) is 0.769. The van der Waals surface area contributed by atoms with Gasteiger partial charge in [-0.25, -0.2) is 0 Å². The molecule has 0 amide bonds. The van der Waals surface area contributed by atoms with Gasteiger partial charge in [0.25, 0.3) is 0 Å². The van der Waals surface area contributed by atoms with Crippen LogP contribution in [-0.2, 0) is 13.1 Å². The van der Waals surface area contributed by atoms with Crippen molar-refractivity contribution in [3.63, 3.8) is 0 Å². The normalized spacial score (nSPS) is 26.1. The Labute approximate surface area is 113 Å². The molecule has 102 valence electrons. The van der Waals surface area contributed by atoms with E-state index in [1.165, 1.54) is 0 Å². The number of aliphatic hydroxyl groups is 1. The minimum atomic E-state index is -0.205. The molecule has 0 saturated heterocycles. The number of aryl methyl sites for hydroxylation is 2. The van der Waals surface area contributed by atoms with Crippen molar-refractivity contribution < 1.29 is 5.11 Å². The van der Waals surface area contributed by atoms with E-state index in [-0.39, 0.29) is 11.5 Å². The number of hydrogen-bond donors (Lipinski definition) is 2. The van der Waals surface area contributed by atoms with Crippen molar-refractivity contribution in [3.05, 3.63) is 16.4 Å². The second-order valence-electron chi connectivity index (χ2n) is 5.67. The lowest BCUT2D eigenvalue weighted by atomic mass is 9.64. The second-order valence-corrected chi connectivity index (χ2v) is 6.05. The predicted octanol–water partition coefficient (Wildman–Crippen LogP) is 2.11. The minimum Gasteiger partial charge on any atom is -0.392 e. The Balaban J connectivity index is 2.03. The Morgan fingerprint density at radius 3 is 2.72 bits per heavy atom. The van der Waals surface area contributed by atoms with E-state index in [2.05, 4.69) is 31.2 Å². The highest BCUT2D eigenvalue weighted by molar-refractivity contribution is 6.31. The molecule has 18 heavy (non-hydrogen) atoms. The highest BCUT2D eigenvalue weighted by atomic mass is 35.5. The molecule has 2 unspecified atom stereocenters. The van der Waals surface area contributed by atoms with Gasteiger partial charge in [0, 0.05) is 24.5 Å². The highest BCUT2D eigenvalue weighted by Gasteiger charge is 2.46. The molecule has 5 heteroatoms. The number of nitrogens with zero attached hydrogens (tertiary/aromatic N) is 2. The highest BCUT2D eigenvalue weighted by Crippen LogP contribution is 2.40. The molecule has 2 atom stereocenters. The van der Waals surface area contributed by atoms with Crippen LogP contribution in [0.25, 0.3) is 0 Å². The van der Waals surface area contributed by atoms with Gasteiger partial charge in [-0.05, 0) is 20.3 Å². The first-order valence-electron chi connectivity index (χ1n) is 6.51. The summed E-state index contributed by atoms with van der Waals surface area (Å²) in [5.74, 6) is 0. The first-order valence-corrected chi connectivity index (χ1v) is 6.89. The van der Waals surface area contributed by atoms with Crippen LogP contribution in [0.1, 0.15) is 38.6 Å². The molecule has 2 rings (SSSR count). The van der Waals surface area contributed by atoms with Gasteiger partial charge in [0.05, 0.1) is 22.5 Å². The largest absolute Gasteiger partial charge is 0.392 e. The fourth-order valence-corrected chi connectivity index (χ4v) is 2.71. The van der Waals surface area contributed by atoms with Crippen molar-refractivity contribution in [3.8, 4) is 0 Å². The van der Waals surface area contributed by atoms with Crippen molar-refractivity contribution >= 4 is 11.6 Å². The van der Waals surface area contributed by atoms with Crippen LogP contribution in [0.3, 0.4) is 0 Å². The summed E-state index contributed by atoms with van der Waals surface area (Å²) in [5, 5.41) is 18.3. The summed E-state index contributed by atoms with van der Waals surface area (Å²) >= 11 is 6.26. The third kappa shape index (κ3) is 2.17. The van der Waals surface area contributed by atoms with E-state index in [4.69, 9.17) is 11.6 Å². The van der Waals surface area contributed by atoms with Crippen molar-refractivity contribution in [2.24, 2.45) is 5.41 Å². The maximum atomic E-state index is 9.72. The summed E-state index contributed by atoms with van der Waals surface area (Å²) < 4.78 is 1.94. The molecule has 0 radical (unpaired) electrons. The fourth-order valence-electron chi connectivity index (χ4n) is 2.51. The standard InChI is InChI=1S/C13H22ClN3O/c1-5-17-9(12(14)8(2)16-17)7-15-10-6-11(18)13(10,3)4/h10-11,15,18H,5-7H2,1-4H3. The second kappa shape index (κ2) is 4.83. The molecule has 1 fully saturated rings. The van der Waals surface area contributed by atoms with E-state index in [1.807, 2.05) is 11.6 Å². The van der Waals surface area contributed by atoms with Gasteiger partial charge in [-0.1, -0.05) is 25.4 Å². The molecule has 1 aliphatic rings. The summed E-state index contributed by atoms with van der Waals surface area (Å²) in [6, 6.07) is 0.337. The zero-order valence-corrected chi connectivity index (χ0v) is 12.3. The molecule has 1 aromatic rings. The van der Waals surface area contributed by atoms with E-state index >= 15 is 0 Å². The van der Waals surface area contributed by atoms with Gasteiger partial charge >= 0.3 is 0 Å². The summed E-state index contributed by atoms with van der Waals surface area (Å²) in [4.78, 5) is 0. The Bertz CT molecular complexity index is 442. The number of nitrogens with one attached hydrogen (secondary N) is 1. The third-order valence-corrected chi connectivity index (χ3v) is 4.68. The molecule has 0 spiro atoms. The average Bonchev–Trinajstić information content (AvgIpc) is 2.61. The van der Waals surface area contributed by atoms with Crippen LogP contribution in [0.5, 0.6) is 0 Å². The monoisotopic (exact) mass is 271 g/mol. The first-order chi connectivity index (χ1) is 8.37. The lowest BCUT2D eigenvalue weighted by Gasteiger charge is -2.49. The maximum Gasteiger partial charge on any atom is 0.0860 e. The SMILES string of the molecule is CCn1nc(C)c(Cl)c1CNC1CC(O)C1(C)C. The predicted molar refractivity (Wildman–Crippen MR) is 72.7 cm³/mol. The van der Waals surface area contributed by atoms with E-state index in [1.54, 1.807) is 0 Å². The van der Waals surface area contributed by atoms with Crippen LogP contribution in [0.15, 0.2) is 0 Å². The zero-order chi connectivity index (χ0) is 13.5. The van der Waals surface area contributed by atoms with Crippen LogP contribution in [0.2, 0.25) is 5.02 Å². The Morgan fingerprint density at radius 1 is 1.56 bits per heavy atom. The molecule has 1 aliphatic carbocycles. The molecule has 0 aromatic carbocycles. The minimum absolute atomic E-state index is 0.0570. The number of aromatic nitrogens is 2.